The number of nitrogens with zero attached hydrogens (tertiary/aromatic N) is 1. The number of rotatable bonds is 2. The number of nitrogens with two attached hydrogens (primary N) is 1. The lowest BCUT2D eigenvalue weighted by molar-refractivity contribution is -0.0438. The van der Waals surface area contributed by atoms with Crippen LogP contribution >= 0.6 is 11.3 Å². The molecule has 1 aromatic rings. The van der Waals surface area contributed by atoms with Gasteiger partial charge in [-0.1, -0.05) is 12.7 Å². The predicted octanol–water partition coefficient (Wildman–Crippen LogP) is 2.86. The maximum absolute atomic E-state index is 13.7. The van der Waals surface area contributed by atoms with Crippen molar-refractivity contribution in [2.24, 2.45) is 5.73 Å². The summed E-state index contributed by atoms with van der Waals surface area (Å²) in [7, 11) is 0. The van der Waals surface area contributed by atoms with Crippen molar-refractivity contribution >= 4 is 11.3 Å². The normalized spacial score (nSPS) is 33.0. The molecule has 1 aromatic heterocycles. The minimum atomic E-state index is -0.312. The van der Waals surface area contributed by atoms with E-state index in [9.17, 15) is 4.39 Å². The number of hydrogen-bond acceptors (Lipinski definition) is 4. The van der Waals surface area contributed by atoms with E-state index >= 15 is 0 Å². The average Bonchev–Trinajstić information content (AvgIpc) is 3.04. The van der Waals surface area contributed by atoms with Gasteiger partial charge in [-0.15, -0.1) is 11.3 Å². The van der Waals surface area contributed by atoms with Crippen LogP contribution in [0.2, 0.25) is 0 Å². The molecule has 0 unspecified atom stereocenters. The lowest BCUT2D eigenvalue weighted by atomic mass is 9.97. The molecular weight excluding hydrogens is 287 g/mol. The van der Waals surface area contributed by atoms with Crippen molar-refractivity contribution in [3.8, 4) is 0 Å². The molecule has 2 N–H and O–H groups in total. The Kier molecular flexibility index (Phi) is 4.26. The minimum absolute atomic E-state index is 0.167. The van der Waals surface area contributed by atoms with Crippen LogP contribution in [-0.4, -0.2) is 36.7 Å². The van der Waals surface area contributed by atoms with Crippen LogP contribution < -0.4 is 5.73 Å². The van der Waals surface area contributed by atoms with Crippen LogP contribution in [0.3, 0.4) is 0 Å². The molecule has 2 aliphatic heterocycles. The summed E-state index contributed by atoms with van der Waals surface area (Å²) in [6.07, 6.45) is 2.63. The van der Waals surface area contributed by atoms with E-state index in [2.05, 4.69) is 17.6 Å². The lowest BCUT2D eigenvalue weighted by Crippen LogP contribution is -2.48. The average molecular weight is 308 g/mol. The maximum atomic E-state index is 13.7. The number of thiophene rings is 1. The molecule has 2 saturated heterocycles. The highest BCUT2D eigenvalue weighted by Gasteiger charge is 2.36. The summed E-state index contributed by atoms with van der Waals surface area (Å²) in [4.78, 5) is 2.99. The van der Waals surface area contributed by atoms with Gasteiger partial charge in [-0.2, -0.15) is 0 Å². The third kappa shape index (κ3) is 2.83. The number of likely N-dealkylation sites (tertiary alicyclic amines) is 1. The molecule has 21 heavy (non-hydrogen) atoms. The SMILES string of the molecule is C=C1CN([C@H]2CO[C@H](c3sccc3F)[C@@H](N)C2)C/C1=C/C. The van der Waals surface area contributed by atoms with Crippen molar-refractivity contribution in [1.82, 2.24) is 4.90 Å². The third-order valence-electron chi connectivity index (χ3n) is 4.39. The van der Waals surface area contributed by atoms with Gasteiger partial charge in [-0.25, -0.2) is 4.39 Å². The van der Waals surface area contributed by atoms with E-state index in [0.29, 0.717) is 11.5 Å². The summed E-state index contributed by atoms with van der Waals surface area (Å²) in [5, 5.41) is 1.75. The van der Waals surface area contributed by atoms with E-state index < -0.39 is 0 Å². The molecule has 2 aliphatic rings. The summed E-state index contributed by atoms with van der Waals surface area (Å²) in [5.41, 5.74) is 8.73. The molecule has 0 saturated carbocycles. The summed E-state index contributed by atoms with van der Waals surface area (Å²) in [6, 6.07) is 1.60. The molecule has 3 heterocycles. The molecule has 3 rings (SSSR count). The maximum Gasteiger partial charge on any atom is 0.139 e. The van der Waals surface area contributed by atoms with Gasteiger partial charge < -0.3 is 10.5 Å². The van der Waals surface area contributed by atoms with Gasteiger partial charge >= 0.3 is 0 Å². The van der Waals surface area contributed by atoms with Crippen molar-refractivity contribution in [3.05, 3.63) is 45.9 Å². The van der Waals surface area contributed by atoms with Crippen LogP contribution in [0.15, 0.2) is 35.2 Å². The van der Waals surface area contributed by atoms with Gasteiger partial charge in [-0.3, -0.25) is 4.90 Å². The Bertz CT molecular complexity index is 568. The Morgan fingerprint density at radius 1 is 1.52 bits per heavy atom. The van der Waals surface area contributed by atoms with E-state index in [1.165, 1.54) is 28.5 Å². The fourth-order valence-corrected chi connectivity index (χ4v) is 4.06. The van der Waals surface area contributed by atoms with Gasteiger partial charge in [0, 0.05) is 25.2 Å². The van der Waals surface area contributed by atoms with Crippen LogP contribution in [0.5, 0.6) is 0 Å². The molecule has 114 valence electrons. The van der Waals surface area contributed by atoms with Crippen molar-refractivity contribution < 1.29 is 9.13 Å². The van der Waals surface area contributed by atoms with Gasteiger partial charge in [0.15, 0.2) is 0 Å². The molecule has 2 fully saturated rings. The zero-order valence-electron chi connectivity index (χ0n) is 12.2. The molecule has 3 atom stereocenters. The molecule has 0 aromatic carbocycles. The molecule has 0 radical (unpaired) electrons. The Balaban J connectivity index is 1.66. The summed E-state index contributed by atoms with van der Waals surface area (Å²) in [5.74, 6) is -0.204. The quantitative estimate of drug-likeness (QED) is 0.913. The molecule has 0 aliphatic carbocycles. The van der Waals surface area contributed by atoms with Gasteiger partial charge in [0.05, 0.1) is 11.5 Å². The van der Waals surface area contributed by atoms with E-state index in [4.69, 9.17) is 10.5 Å². The first-order valence-electron chi connectivity index (χ1n) is 7.27. The fraction of sp³-hybridized carbons (Fsp3) is 0.500. The topological polar surface area (TPSA) is 38.5 Å². The smallest absolute Gasteiger partial charge is 0.139 e. The van der Waals surface area contributed by atoms with Crippen LogP contribution in [-0.2, 0) is 4.74 Å². The van der Waals surface area contributed by atoms with Gasteiger partial charge in [-0.05, 0) is 35.9 Å². The first-order chi connectivity index (χ1) is 10.1. The highest BCUT2D eigenvalue weighted by atomic mass is 32.1. The molecule has 0 amide bonds. The lowest BCUT2D eigenvalue weighted by Gasteiger charge is -2.38. The van der Waals surface area contributed by atoms with Crippen LogP contribution in [0.1, 0.15) is 24.3 Å². The van der Waals surface area contributed by atoms with E-state index in [-0.39, 0.29) is 24.0 Å². The van der Waals surface area contributed by atoms with Crippen molar-refractivity contribution in [2.75, 3.05) is 19.7 Å². The Labute approximate surface area is 128 Å². The second-order valence-electron chi connectivity index (χ2n) is 5.76. The first-order valence-corrected chi connectivity index (χ1v) is 8.15. The van der Waals surface area contributed by atoms with Gasteiger partial charge in [0.25, 0.3) is 0 Å². The fourth-order valence-electron chi connectivity index (χ4n) is 3.16. The van der Waals surface area contributed by atoms with Crippen molar-refractivity contribution in [1.29, 1.82) is 0 Å². The van der Waals surface area contributed by atoms with E-state index in [1.54, 1.807) is 5.38 Å². The predicted molar refractivity (Wildman–Crippen MR) is 83.8 cm³/mol. The second-order valence-corrected chi connectivity index (χ2v) is 6.71. The number of allylic oxidation sites excluding steroid dienone is 1. The molecule has 0 bridgehead atoms. The standard InChI is InChI=1S/C16H21FN2OS/c1-3-11-8-19(7-10(11)2)12-6-14(18)15(20-9-12)16-13(17)4-5-21-16/h3-5,12,14-15H,2,6-9,18H2,1H3/b11-3-/t12-,14+,15+/m1/s1. The molecule has 0 spiro atoms. The molecular formula is C16H21FN2OS. The van der Waals surface area contributed by atoms with E-state index in [0.717, 1.165) is 19.5 Å². The zero-order valence-corrected chi connectivity index (χ0v) is 13.0. The minimum Gasteiger partial charge on any atom is -0.369 e. The van der Waals surface area contributed by atoms with Gasteiger partial charge in [0.1, 0.15) is 11.9 Å². The Hall–Kier alpha value is -1.01. The summed E-state index contributed by atoms with van der Waals surface area (Å²) < 4.78 is 19.6. The number of hydrogen-bond donors (Lipinski definition) is 1. The Morgan fingerprint density at radius 2 is 2.33 bits per heavy atom. The largest absolute Gasteiger partial charge is 0.369 e. The van der Waals surface area contributed by atoms with Crippen LogP contribution in [0.25, 0.3) is 0 Å². The Morgan fingerprint density at radius 3 is 2.90 bits per heavy atom. The highest BCUT2D eigenvalue weighted by molar-refractivity contribution is 7.10. The van der Waals surface area contributed by atoms with Crippen LogP contribution in [0.4, 0.5) is 4.39 Å². The first kappa shape index (κ1) is 14.9. The van der Waals surface area contributed by atoms with E-state index in [1.807, 2.05) is 6.92 Å². The monoisotopic (exact) mass is 308 g/mol. The summed E-state index contributed by atoms with van der Waals surface area (Å²) >= 11 is 1.38. The number of ether oxygens (including phenoxy) is 1. The number of halogens is 1. The third-order valence-corrected chi connectivity index (χ3v) is 5.34. The highest BCUT2D eigenvalue weighted by Crippen LogP contribution is 2.35. The van der Waals surface area contributed by atoms with Crippen molar-refractivity contribution in [3.63, 3.8) is 0 Å². The summed E-state index contributed by atoms with van der Waals surface area (Å²) in [6.45, 7) is 8.53. The molecule has 5 heteroatoms. The zero-order chi connectivity index (χ0) is 15.0. The second kappa shape index (κ2) is 6.01. The molecule has 3 nitrogen and oxygen atoms in total. The van der Waals surface area contributed by atoms with Crippen molar-refractivity contribution in [2.45, 2.75) is 31.5 Å². The van der Waals surface area contributed by atoms with Gasteiger partial charge in [0.2, 0.25) is 0 Å². The van der Waals surface area contributed by atoms with Crippen LogP contribution in [0, 0.1) is 5.82 Å².